The van der Waals surface area contributed by atoms with Crippen LogP contribution in [0.25, 0.3) is 0 Å². The van der Waals surface area contributed by atoms with Crippen molar-refractivity contribution in [2.75, 3.05) is 19.0 Å². The summed E-state index contributed by atoms with van der Waals surface area (Å²) in [5.74, 6) is 1.11. The molecule has 0 amide bonds. The minimum absolute atomic E-state index is 0.0388. The van der Waals surface area contributed by atoms with Crippen LogP contribution in [0.15, 0.2) is 0 Å². The molecule has 0 heterocycles. The Morgan fingerprint density at radius 2 is 1.40 bits per heavy atom. The summed E-state index contributed by atoms with van der Waals surface area (Å²) in [5.41, 5.74) is -0.0388. The maximum absolute atomic E-state index is 5.67. The molecule has 0 aliphatic heterocycles. The molecule has 0 fully saturated rings. The van der Waals surface area contributed by atoms with E-state index in [9.17, 15) is 0 Å². The molecule has 0 rings (SSSR count). The molecule has 0 spiro atoms. The van der Waals surface area contributed by atoms with Gasteiger partial charge in [-0.25, -0.2) is 0 Å². The fourth-order valence-electron chi connectivity index (χ4n) is 1.01. The van der Waals surface area contributed by atoms with Gasteiger partial charge in [0.05, 0.1) is 13.2 Å². The highest BCUT2D eigenvalue weighted by atomic mass is 32.2. The standard InChI is InChI=1S/C12H26O2S/c1-4-7-9-13-12(15-11-6-3)14-10-8-5-2/h12H,4-11H2,1-3H3. The number of thioether (sulfide) groups is 1. The van der Waals surface area contributed by atoms with Crippen molar-refractivity contribution in [2.24, 2.45) is 0 Å². The quantitative estimate of drug-likeness (QED) is 0.397. The zero-order valence-electron chi connectivity index (χ0n) is 10.5. The van der Waals surface area contributed by atoms with Crippen LogP contribution in [0.3, 0.4) is 0 Å². The first-order valence-corrected chi connectivity index (χ1v) is 7.24. The highest BCUT2D eigenvalue weighted by Crippen LogP contribution is 2.16. The molecule has 0 N–H and O–H groups in total. The van der Waals surface area contributed by atoms with Gasteiger partial charge < -0.3 is 9.47 Å². The lowest BCUT2D eigenvalue weighted by molar-refractivity contribution is -0.0833. The lowest BCUT2D eigenvalue weighted by atomic mass is 10.4. The van der Waals surface area contributed by atoms with Crippen molar-refractivity contribution >= 4 is 11.8 Å². The topological polar surface area (TPSA) is 18.5 Å². The van der Waals surface area contributed by atoms with Gasteiger partial charge in [0.25, 0.3) is 0 Å². The third kappa shape index (κ3) is 10.6. The van der Waals surface area contributed by atoms with Gasteiger partial charge in [-0.2, -0.15) is 0 Å². The number of hydrogen-bond donors (Lipinski definition) is 0. The summed E-state index contributed by atoms with van der Waals surface area (Å²) in [5, 5.41) is 0. The van der Waals surface area contributed by atoms with E-state index < -0.39 is 0 Å². The predicted molar refractivity (Wildman–Crippen MR) is 68.3 cm³/mol. The van der Waals surface area contributed by atoms with Gasteiger partial charge in [0.15, 0.2) is 0 Å². The monoisotopic (exact) mass is 234 g/mol. The summed E-state index contributed by atoms with van der Waals surface area (Å²) in [6, 6.07) is 0. The molecule has 0 unspecified atom stereocenters. The fourth-order valence-corrected chi connectivity index (χ4v) is 1.82. The molecule has 0 atom stereocenters. The normalized spacial score (nSPS) is 11.2. The Morgan fingerprint density at radius 3 is 1.80 bits per heavy atom. The van der Waals surface area contributed by atoms with Crippen LogP contribution >= 0.6 is 11.8 Å². The smallest absolute Gasteiger partial charge is 0.206 e. The van der Waals surface area contributed by atoms with Gasteiger partial charge in [-0.3, -0.25) is 0 Å². The van der Waals surface area contributed by atoms with Gasteiger partial charge >= 0.3 is 0 Å². The molecular formula is C12H26O2S. The fraction of sp³-hybridized carbons (Fsp3) is 1.00. The van der Waals surface area contributed by atoms with E-state index in [0.29, 0.717) is 0 Å². The summed E-state index contributed by atoms with van der Waals surface area (Å²) >= 11 is 1.78. The molecule has 0 saturated heterocycles. The summed E-state index contributed by atoms with van der Waals surface area (Å²) in [7, 11) is 0. The predicted octanol–water partition coefficient (Wildman–Crippen LogP) is 4.05. The van der Waals surface area contributed by atoms with E-state index in [2.05, 4.69) is 20.8 Å². The molecule has 15 heavy (non-hydrogen) atoms. The number of rotatable bonds is 11. The van der Waals surface area contributed by atoms with Crippen molar-refractivity contribution in [1.29, 1.82) is 0 Å². The minimum atomic E-state index is -0.0388. The first-order valence-electron chi connectivity index (χ1n) is 6.19. The van der Waals surface area contributed by atoms with Gasteiger partial charge in [-0.15, -0.1) is 11.8 Å². The Hall–Kier alpha value is 0.270. The highest BCUT2D eigenvalue weighted by Gasteiger charge is 2.08. The number of unbranched alkanes of at least 4 members (excludes halogenated alkanes) is 2. The molecule has 0 aromatic carbocycles. The van der Waals surface area contributed by atoms with Crippen molar-refractivity contribution in [2.45, 2.75) is 58.5 Å². The second-order valence-corrected chi connectivity index (χ2v) is 4.73. The Morgan fingerprint density at radius 1 is 0.867 bits per heavy atom. The Bertz CT molecular complexity index is 110. The molecule has 0 bridgehead atoms. The van der Waals surface area contributed by atoms with E-state index in [1.54, 1.807) is 11.8 Å². The van der Waals surface area contributed by atoms with Gasteiger partial charge in [0.2, 0.25) is 5.62 Å². The molecule has 0 saturated carbocycles. The van der Waals surface area contributed by atoms with E-state index in [1.165, 1.54) is 19.3 Å². The van der Waals surface area contributed by atoms with Crippen molar-refractivity contribution in [3.63, 3.8) is 0 Å². The number of hydrogen-bond acceptors (Lipinski definition) is 3. The summed E-state index contributed by atoms with van der Waals surface area (Å²) in [6.07, 6.45) is 5.79. The van der Waals surface area contributed by atoms with Gasteiger partial charge in [0, 0.05) is 0 Å². The third-order valence-corrected chi connectivity index (χ3v) is 3.15. The molecule has 0 aromatic rings. The van der Waals surface area contributed by atoms with Gasteiger partial charge in [0.1, 0.15) is 0 Å². The van der Waals surface area contributed by atoms with E-state index in [-0.39, 0.29) is 5.62 Å². The number of ether oxygens (including phenoxy) is 2. The maximum atomic E-state index is 5.67. The lowest BCUT2D eigenvalue weighted by Crippen LogP contribution is -2.15. The first-order chi connectivity index (χ1) is 7.35. The van der Waals surface area contributed by atoms with Crippen LogP contribution < -0.4 is 0 Å². The zero-order chi connectivity index (χ0) is 11.4. The summed E-state index contributed by atoms with van der Waals surface area (Å²) in [6.45, 7) is 8.18. The van der Waals surface area contributed by atoms with Crippen LogP contribution in [0.2, 0.25) is 0 Å². The van der Waals surface area contributed by atoms with Crippen LogP contribution in [0, 0.1) is 0 Å². The molecule has 0 aliphatic rings. The summed E-state index contributed by atoms with van der Waals surface area (Å²) in [4.78, 5) is 0. The molecule has 3 heteroatoms. The highest BCUT2D eigenvalue weighted by molar-refractivity contribution is 7.99. The van der Waals surface area contributed by atoms with Gasteiger partial charge in [-0.05, 0) is 25.0 Å². The van der Waals surface area contributed by atoms with Crippen LogP contribution in [-0.4, -0.2) is 24.6 Å². The second kappa shape index (κ2) is 12.3. The van der Waals surface area contributed by atoms with E-state index in [1.807, 2.05) is 0 Å². The Kier molecular flexibility index (Phi) is 12.6. The van der Waals surface area contributed by atoms with Crippen molar-refractivity contribution in [3.8, 4) is 0 Å². The van der Waals surface area contributed by atoms with Crippen molar-refractivity contribution < 1.29 is 9.47 Å². The SMILES string of the molecule is CCCCOC(OCCCC)SCCC. The van der Waals surface area contributed by atoms with Crippen LogP contribution in [0.5, 0.6) is 0 Å². The molecular weight excluding hydrogens is 208 g/mol. The maximum Gasteiger partial charge on any atom is 0.206 e. The van der Waals surface area contributed by atoms with Crippen LogP contribution in [-0.2, 0) is 9.47 Å². The first kappa shape index (κ1) is 15.3. The van der Waals surface area contributed by atoms with Crippen LogP contribution in [0.1, 0.15) is 52.9 Å². The molecule has 2 nitrogen and oxygen atoms in total. The second-order valence-electron chi connectivity index (χ2n) is 3.61. The summed E-state index contributed by atoms with van der Waals surface area (Å²) < 4.78 is 11.3. The molecule has 0 aliphatic carbocycles. The molecule has 92 valence electrons. The Labute approximate surface area is 99.1 Å². The van der Waals surface area contributed by atoms with Crippen molar-refractivity contribution in [3.05, 3.63) is 0 Å². The minimum Gasteiger partial charge on any atom is -0.344 e. The van der Waals surface area contributed by atoms with Crippen LogP contribution in [0.4, 0.5) is 0 Å². The molecule has 0 radical (unpaired) electrons. The van der Waals surface area contributed by atoms with E-state index >= 15 is 0 Å². The Balaban J connectivity index is 3.53. The third-order valence-electron chi connectivity index (χ3n) is 1.96. The largest absolute Gasteiger partial charge is 0.344 e. The van der Waals surface area contributed by atoms with Crippen molar-refractivity contribution in [1.82, 2.24) is 0 Å². The average molecular weight is 234 g/mol. The zero-order valence-corrected chi connectivity index (χ0v) is 11.3. The lowest BCUT2D eigenvalue weighted by Gasteiger charge is -2.17. The average Bonchev–Trinajstić information content (AvgIpc) is 2.25. The molecule has 0 aromatic heterocycles. The van der Waals surface area contributed by atoms with E-state index in [4.69, 9.17) is 9.47 Å². The van der Waals surface area contributed by atoms with E-state index in [0.717, 1.165) is 31.8 Å². The van der Waals surface area contributed by atoms with Gasteiger partial charge in [-0.1, -0.05) is 33.6 Å².